The van der Waals surface area contributed by atoms with Crippen LogP contribution in [0.5, 0.6) is 0 Å². The molecule has 0 fully saturated rings. The van der Waals surface area contributed by atoms with E-state index in [0.29, 0.717) is 23.1 Å². The van der Waals surface area contributed by atoms with E-state index >= 15 is 0 Å². The topological polar surface area (TPSA) is 56.5 Å². The summed E-state index contributed by atoms with van der Waals surface area (Å²) >= 11 is 6.08. The molecule has 2 heterocycles. The molecule has 0 aliphatic rings. The van der Waals surface area contributed by atoms with E-state index in [-0.39, 0.29) is 5.69 Å². The molecule has 17 heavy (non-hydrogen) atoms. The average molecular weight is 254 g/mol. The third kappa shape index (κ3) is 1.98. The maximum atomic E-state index is 11.5. The Morgan fingerprint density at radius 1 is 1.47 bits per heavy atom. The Balaban J connectivity index is 2.58. The number of hydrogen-bond acceptors (Lipinski definition) is 4. The second kappa shape index (κ2) is 4.33. The lowest BCUT2D eigenvalue weighted by molar-refractivity contribution is 0.0520. The molecule has 0 radical (unpaired) electrons. The van der Waals surface area contributed by atoms with Crippen LogP contribution in [0.4, 0.5) is 0 Å². The normalized spacial score (nSPS) is 10.8. The summed E-state index contributed by atoms with van der Waals surface area (Å²) in [5.74, 6) is -0.00127. The van der Waals surface area contributed by atoms with Crippen molar-refractivity contribution in [2.45, 2.75) is 20.8 Å². The molecule has 0 bridgehead atoms. The van der Waals surface area contributed by atoms with Crippen molar-refractivity contribution in [2.75, 3.05) is 6.61 Å². The summed E-state index contributed by atoms with van der Waals surface area (Å²) in [5, 5.41) is 0.574. The molecule has 0 saturated carbocycles. The fourth-order valence-corrected chi connectivity index (χ4v) is 1.70. The summed E-state index contributed by atoms with van der Waals surface area (Å²) < 4.78 is 6.56. The fourth-order valence-electron chi connectivity index (χ4n) is 1.57. The van der Waals surface area contributed by atoms with Crippen LogP contribution in [-0.4, -0.2) is 26.9 Å². The third-order valence-electron chi connectivity index (χ3n) is 2.44. The van der Waals surface area contributed by atoms with Gasteiger partial charge >= 0.3 is 5.97 Å². The first-order valence-corrected chi connectivity index (χ1v) is 5.61. The number of halogens is 1. The molecule has 0 atom stereocenters. The fraction of sp³-hybridized carbons (Fsp3) is 0.364. The predicted octanol–water partition coefficient (Wildman–Crippen LogP) is 2.18. The van der Waals surface area contributed by atoms with Crippen molar-refractivity contribution in [1.82, 2.24) is 14.4 Å². The molecule has 0 saturated heterocycles. The first kappa shape index (κ1) is 11.9. The molecule has 0 spiro atoms. The Hall–Kier alpha value is -1.62. The lowest BCUT2D eigenvalue weighted by Crippen LogP contribution is -2.04. The van der Waals surface area contributed by atoms with Gasteiger partial charge in [-0.1, -0.05) is 11.6 Å². The minimum Gasteiger partial charge on any atom is -0.461 e. The highest BCUT2D eigenvalue weighted by atomic mass is 35.5. The zero-order valence-electron chi connectivity index (χ0n) is 9.82. The Morgan fingerprint density at radius 2 is 2.18 bits per heavy atom. The first-order valence-electron chi connectivity index (χ1n) is 5.23. The van der Waals surface area contributed by atoms with Crippen LogP contribution in [0.25, 0.3) is 5.78 Å². The van der Waals surface area contributed by atoms with Crippen LogP contribution in [0.15, 0.2) is 6.20 Å². The SMILES string of the molecule is CCOC(=O)c1cn2c(C)c(Cl)c(C)nc2n1. The molecule has 0 unspecified atom stereocenters. The molecule has 0 aromatic carbocycles. The molecule has 0 aliphatic carbocycles. The maximum Gasteiger partial charge on any atom is 0.358 e. The Morgan fingerprint density at radius 3 is 2.82 bits per heavy atom. The molecule has 0 N–H and O–H groups in total. The summed E-state index contributed by atoms with van der Waals surface area (Å²) in [5.41, 5.74) is 1.74. The molecule has 5 nitrogen and oxygen atoms in total. The van der Waals surface area contributed by atoms with Gasteiger partial charge in [-0.05, 0) is 20.8 Å². The van der Waals surface area contributed by atoms with Crippen molar-refractivity contribution < 1.29 is 9.53 Å². The van der Waals surface area contributed by atoms with Crippen LogP contribution in [0.3, 0.4) is 0 Å². The predicted molar refractivity (Wildman–Crippen MR) is 63.4 cm³/mol. The number of aryl methyl sites for hydroxylation is 2. The average Bonchev–Trinajstić information content (AvgIpc) is 2.70. The summed E-state index contributed by atoms with van der Waals surface area (Å²) in [7, 11) is 0. The minimum atomic E-state index is -0.453. The number of carbonyl (C=O) groups is 1. The Bertz CT molecular complexity index is 592. The van der Waals surface area contributed by atoms with E-state index < -0.39 is 5.97 Å². The molecule has 2 aromatic heterocycles. The van der Waals surface area contributed by atoms with E-state index in [9.17, 15) is 4.79 Å². The summed E-state index contributed by atoms with van der Waals surface area (Å²) in [4.78, 5) is 19.9. The van der Waals surface area contributed by atoms with E-state index in [1.165, 1.54) is 0 Å². The van der Waals surface area contributed by atoms with Crippen LogP contribution < -0.4 is 0 Å². The standard InChI is InChI=1S/C11H12ClN3O2/c1-4-17-10(16)8-5-15-7(3)9(12)6(2)13-11(15)14-8/h5H,4H2,1-3H3. The van der Waals surface area contributed by atoms with Crippen LogP contribution in [0.2, 0.25) is 5.02 Å². The molecular formula is C11H12ClN3O2. The molecule has 0 amide bonds. The molecule has 2 aromatic rings. The van der Waals surface area contributed by atoms with Gasteiger partial charge in [-0.2, -0.15) is 0 Å². The smallest absolute Gasteiger partial charge is 0.358 e. The summed E-state index contributed by atoms with van der Waals surface area (Å²) in [6, 6.07) is 0. The molecule has 0 aliphatic heterocycles. The second-order valence-corrected chi connectivity index (χ2v) is 3.99. The molecule has 2 rings (SSSR count). The highest BCUT2D eigenvalue weighted by Gasteiger charge is 2.15. The van der Waals surface area contributed by atoms with Crippen LogP contribution in [-0.2, 0) is 4.74 Å². The van der Waals surface area contributed by atoms with Gasteiger partial charge < -0.3 is 4.74 Å². The van der Waals surface area contributed by atoms with Gasteiger partial charge in [0.1, 0.15) is 0 Å². The van der Waals surface area contributed by atoms with Crippen LogP contribution >= 0.6 is 11.6 Å². The number of rotatable bonds is 2. The van der Waals surface area contributed by atoms with Crippen molar-refractivity contribution in [1.29, 1.82) is 0 Å². The number of hydrogen-bond donors (Lipinski definition) is 0. The number of fused-ring (bicyclic) bond motifs is 1. The third-order valence-corrected chi connectivity index (χ3v) is 2.98. The number of aromatic nitrogens is 3. The van der Waals surface area contributed by atoms with Gasteiger partial charge in [-0.25, -0.2) is 14.8 Å². The van der Waals surface area contributed by atoms with E-state index in [4.69, 9.17) is 16.3 Å². The van der Waals surface area contributed by atoms with E-state index in [0.717, 1.165) is 5.69 Å². The van der Waals surface area contributed by atoms with Gasteiger partial charge in [0.2, 0.25) is 5.78 Å². The number of ether oxygens (including phenoxy) is 1. The lowest BCUT2D eigenvalue weighted by atomic mass is 10.3. The van der Waals surface area contributed by atoms with Crippen molar-refractivity contribution >= 4 is 23.3 Å². The van der Waals surface area contributed by atoms with Crippen molar-refractivity contribution in [3.8, 4) is 0 Å². The quantitative estimate of drug-likeness (QED) is 0.770. The van der Waals surface area contributed by atoms with Crippen molar-refractivity contribution in [3.63, 3.8) is 0 Å². The lowest BCUT2D eigenvalue weighted by Gasteiger charge is -2.03. The van der Waals surface area contributed by atoms with E-state index in [1.54, 1.807) is 24.4 Å². The van der Waals surface area contributed by atoms with Crippen molar-refractivity contribution in [2.24, 2.45) is 0 Å². The van der Waals surface area contributed by atoms with E-state index in [1.807, 2.05) is 6.92 Å². The van der Waals surface area contributed by atoms with Gasteiger partial charge in [-0.3, -0.25) is 4.40 Å². The van der Waals surface area contributed by atoms with Gasteiger partial charge in [0, 0.05) is 11.9 Å². The monoisotopic (exact) mass is 253 g/mol. The zero-order chi connectivity index (χ0) is 12.6. The van der Waals surface area contributed by atoms with Crippen LogP contribution in [0, 0.1) is 13.8 Å². The van der Waals surface area contributed by atoms with Gasteiger partial charge in [-0.15, -0.1) is 0 Å². The highest BCUT2D eigenvalue weighted by Crippen LogP contribution is 2.20. The molecular weight excluding hydrogens is 242 g/mol. The van der Waals surface area contributed by atoms with Gasteiger partial charge in [0.25, 0.3) is 0 Å². The molecule has 6 heteroatoms. The summed E-state index contributed by atoms with van der Waals surface area (Å²) in [6.07, 6.45) is 1.58. The van der Waals surface area contributed by atoms with Gasteiger partial charge in [0.05, 0.1) is 17.3 Å². The second-order valence-electron chi connectivity index (χ2n) is 3.61. The first-order chi connectivity index (χ1) is 8.04. The number of esters is 1. The zero-order valence-corrected chi connectivity index (χ0v) is 10.6. The Labute approximate surface area is 103 Å². The summed E-state index contributed by atoms with van der Waals surface area (Å²) in [6.45, 7) is 5.71. The maximum absolute atomic E-state index is 11.5. The molecule has 90 valence electrons. The van der Waals surface area contributed by atoms with E-state index in [2.05, 4.69) is 9.97 Å². The largest absolute Gasteiger partial charge is 0.461 e. The van der Waals surface area contributed by atoms with Crippen LogP contribution in [0.1, 0.15) is 28.8 Å². The van der Waals surface area contributed by atoms with Gasteiger partial charge in [0.15, 0.2) is 5.69 Å². The minimum absolute atomic E-state index is 0.240. The number of imidazole rings is 1. The van der Waals surface area contributed by atoms with Crippen molar-refractivity contribution in [3.05, 3.63) is 28.3 Å². The number of nitrogens with zero attached hydrogens (tertiary/aromatic N) is 3. The highest BCUT2D eigenvalue weighted by molar-refractivity contribution is 6.31. The Kier molecular flexibility index (Phi) is 3.02. The number of carbonyl (C=O) groups excluding carboxylic acids is 1.